The van der Waals surface area contributed by atoms with E-state index in [1.54, 1.807) is 23.0 Å². The van der Waals surface area contributed by atoms with E-state index in [1.807, 2.05) is 0 Å². The van der Waals surface area contributed by atoms with Gasteiger partial charge in [0, 0.05) is 26.6 Å². The molecule has 1 fully saturated rings. The van der Waals surface area contributed by atoms with Gasteiger partial charge in [-0.3, -0.25) is 9.69 Å². The second kappa shape index (κ2) is 6.52. The zero-order valence-electron chi connectivity index (χ0n) is 13.7. The average molecular weight is 317 g/mol. The number of amides is 2. The van der Waals surface area contributed by atoms with Crippen LogP contribution in [0.5, 0.6) is 0 Å². The van der Waals surface area contributed by atoms with Crippen LogP contribution in [-0.4, -0.2) is 53.5 Å². The lowest BCUT2D eigenvalue weighted by molar-refractivity contribution is -0.108. The van der Waals surface area contributed by atoms with Crippen molar-refractivity contribution in [2.24, 2.45) is 0 Å². The van der Waals surface area contributed by atoms with Crippen LogP contribution in [-0.2, 0) is 11.2 Å². The number of aromatic nitrogens is 2. The first-order chi connectivity index (χ1) is 11.2. The molecule has 2 amide bonds. The normalized spacial score (nSPS) is 20.1. The topological polar surface area (TPSA) is 69.6 Å². The van der Waals surface area contributed by atoms with Gasteiger partial charge in [0.1, 0.15) is 11.5 Å². The van der Waals surface area contributed by atoms with E-state index in [0.717, 1.165) is 57.3 Å². The molecule has 7 nitrogen and oxygen atoms in total. The van der Waals surface area contributed by atoms with E-state index in [2.05, 4.69) is 16.9 Å². The van der Waals surface area contributed by atoms with Crippen LogP contribution in [0.2, 0.25) is 0 Å². The van der Waals surface area contributed by atoms with Crippen molar-refractivity contribution in [2.75, 3.05) is 29.9 Å². The highest BCUT2D eigenvalue weighted by molar-refractivity contribution is 6.02. The molecule has 2 aliphatic heterocycles. The fourth-order valence-corrected chi connectivity index (χ4v) is 3.16. The summed E-state index contributed by atoms with van der Waals surface area (Å²) in [6.45, 7) is 3.61. The molecular weight excluding hydrogens is 294 g/mol. The predicted octanol–water partition coefficient (Wildman–Crippen LogP) is 1.82. The molecule has 2 aliphatic rings. The summed E-state index contributed by atoms with van der Waals surface area (Å²) in [5, 5.41) is 0. The number of unbranched alkanes of at least 4 members (excludes halogenated alkanes) is 1. The van der Waals surface area contributed by atoms with Crippen LogP contribution < -0.4 is 9.80 Å². The third-order valence-corrected chi connectivity index (χ3v) is 4.51. The maximum absolute atomic E-state index is 12.8. The number of hydrogen-bond donors (Lipinski definition) is 0. The van der Waals surface area contributed by atoms with Gasteiger partial charge in [0.15, 0.2) is 18.3 Å². The van der Waals surface area contributed by atoms with Crippen LogP contribution >= 0.6 is 0 Å². The molecule has 3 rings (SSSR count). The third kappa shape index (κ3) is 2.75. The molecule has 0 radical (unpaired) electrons. The second-order valence-corrected chi connectivity index (χ2v) is 6.11. The van der Waals surface area contributed by atoms with Crippen molar-refractivity contribution in [3.05, 3.63) is 12.0 Å². The molecule has 0 aliphatic carbocycles. The minimum Gasteiger partial charge on any atom is -0.331 e. The quantitative estimate of drug-likeness (QED) is 0.792. The summed E-state index contributed by atoms with van der Waals surface area (Å²) in [4.78, 5) is 38.4. The number of urea groups is 1. The van der Waals surface area contributed by atoms with Crippen molar-refractivity contribution in [1.82, 2.24) is 14.9 Å². The predicted molar refractivity (Wildman–Crippen MR) is 87.6 cm³/mol. The molecule has 0 N–H and O–H groups in total. The molecule has 1 unspecified atom stereocenters. The van der Waals surface area contributed by atoms with Crippen molar-refractivity contribution in [3.8, 4) is 0 Å². The number of carbonyl (C=O) groups excluding carboxylic acids is 2. The Morgan fingerprint density at radius 1 is 1.39 bits per heavy atom. The summed E-state index contributed by atoms with van der Waals surface area (Å²) in [6.07, 6.45) is 6.77. The number of likely N-dealkylation sites (N-methyl/N-ethyl adjacent to an activating group) is 1. The molecule has 0 spiro atoms. The van der Waals surface area contributed by atoms with Crippen LogP contribution in [0, 0.1) is 0 Å². The zero-order valence-corrected chi connectivity index (χ0v) is 13.7. The Morgan fingerprint density at radius 2 is 2.13 bits per heavy atom. The highest BCUT2D eigenvalue weighted by Crippen LogP contribution is 2.37. The van der Waals surface area contributed by atoms with E-state index in [1.165, 1.54) is 4.90 Å². The Hall–Kier alpha value is -2.18. The highest BCUT2D eigenvalue weighted by atomic mass is 16.2. The lowest BCUT2D eigenvalue weighted by atomic mass is 10.2. The first kappa shape index (κ1) is 15.7. The smallest absolute Gasteiger partial charge is 0.326 e. The molecule has 0 bridgehead atoms. The SMILES string of the molecule is CCCCc1ncc2c(n1)N(C)C(C=O)N2C(=O)N1CCCC1. The largest absolute Gasteiger partial charge is 0.331 e. The van der Waals surface area contributed by atoms with Gasteiger partial charge in [-0.1, -0.05) is 13.3 Å². The maximum Gasteiger partial charge on any atom is 0.326 e. The molecule has 1 aromatic heterocycles. The van der Waals surface area contributed by atoms with Gasteiger partial charge >= 0.3 is 6.03 Å². The van der Waals surface area contributed by atoms with E-state index in [9.17, 15) is 9.59 Å². The summed E-state index contributed by atoms with van der Waals surface area (Å²) in [6, 6.07) is -0.130. The van der Waals surface area contributed by atoms with Crippen LogP contribution in [0.15, 0.2) is 6.20 Å². The van der Waals surface area contributed by atoms with Crippen molar-refractivity contribution in [2.45, 2.75) is 45.2 Å². The van der Waals surface area contributed by atoms with E-state index in [4.69, 9.17) is 0 Å². The van der Waals surface area contributed by atoms with Gasteiger partial charge in [0.05, 0.1) is 6.20 Å². The lowest BCUT2D eigenvalue weighted by Crippen LogP contribution is -2.50. The van der Waals surface area contributed by atoms with Gasteiger partial charge in [0.25, 0.3) is 0 Å². The number of aryl methyl sites for hydroxylation is 1. The Kier molecular flexibility index (Phi) is 4.45. The standard InChI is InChI=1S/C16H23N5O2/c1-3-4-7-13-17-10-12-15(18-13)19(2)14(11-22)21(12)16(23)20-8-5-6-9-20/h10-11,14H,3-9H2,1-2H3. The number of anilines is 2. The number of nitrogens with zero attached hydrogens (tertiary/aromatic N) is 5. The minimum absolute atomic E-state index is 0.130. The van der Waals surface area contributed by atoms with Gasteiger partial charge in [-0.05, 0) is 19.3 Å². The van der Waals surface area contributed by atoms with Gasteiger partial charge in [-0.15, -0.1) is 0 Å². The Morgan fingerprint density at radius 3 is 2.78 bits per heavy atom. The van der Waals surface area contributed by atoms with Gasteiger partial charge in [-0.2, -0.15) is 0 Å². The molecule has 0 saturated carbocycles. The van der Waals surface area contributed by atoms with E-state index < -0.39 is 6.17 Å². The van der Waals surface area contributed by atoms with Crippen molar-refractivity contribution in [3.63, 3.8) is 0 Å². The number of rotatable bonds is 4. The van der Waals surface area contributed by atoms with Crippen molar-refractivity contribution >= 4 is 23.8 Å². The fourth-order valence-electron chi connectivity index (χ4n) is 3.16. The second-order valence-electron chi connectivity index (χ2n) is 6.11. The maximum atomic E-state index is 12.8. The molecule has 7 heteroatoms. The minimum atomic E-state index is -0.645. The van der Waals surface area contributed by atoms with E-state index >= 15 is 0 Å². The monoisotopic (exact) mass is 317 g/mol. The molecule has 124 valence electrons. The lowest BCUT2D eigenvalue weighted by Gasteiger charge is -2.28. The molecule has 23 heavy (non-hydrogen) atoms. The summed E-state index contributed by atoms with van der Waals surface area (Å²) in [7, 11) is 1.80. The van der Waals surface area contributed by atoms with Crippen LogP contribution in [0.4, 0.5) is 16.3 Å². The van der Waals surface area contributed by atoms with Crippen LogP contribution in [0.3, 0.4) is 0 Å². The molecule has 1 saturated heterocycles. The van der Waals surface area contributed by atoms with Crippen LogP contribution in [0.1, 0.15) is 38.4 Å². The van der Waals surface area contributed by atoms with Gasteiger partial charge < -0.3 is 9.80 Å². The number of hydrogen-bond acceptors (Lipinski definition) is 5. The van der Waals surface area contributed by atoms with Crippen molar-refractivity contribution in [1.29, 1.82) is 0 Å². The molecule has 1 atom stereocenters. The molecule has 1 aromatic rings. The first-order valence-electron chi connectivity index (χ1n) is 8.29. The first-order valence-corrected chi connectivity index (χ1v) is 8.29. The van der Waals surface area contributed by atoms with Gasteiger partial charge in [-0.25, -0.2) is 14.8 Å². The summed E-state index contributed by atoms with van der Waals surface area (Å²) < 4.78 is 0. The number of aldehydes is 1. The Bertz CT molecular complexity index is 600. The molecular formula is C16H23N5O2. The Balaban J connectivity index is 1.91. The summed E-state index contributed by atoms with van der Waals surface area (Å²) >= 11 is 0. The third-order valence-electron chi connectivity index (χ3n) is 4.51. The average Bonchev–Trinajstić information content (AvgIpc) is 3.19. The van der Waals surface area contributed by atoms with E-state index in [0.29, 0.717) is 11.5 Å². The summed E-state index contributed by atoms with van der Waals surface area (Å²) in [5.74, 6) is 1.42. The number of carbonyl (C=O) groups is 2. The Labute approximate surface area is 136 Å². The van der Waals surface area contributed by atoms with Gasteiger partial charge in [0.2, 0.25) is 0 Å². The molecule has 0 aromatic carbocycles. The zero-order chi connectivity index (χ0) is 16.4. The van der Waals surface area contributed by atoms with E-state index in [-0.39, 0.29) is 6.03 Å². The fraction of sp³-hybridized carbons (Fsp3) is 0.625. The van der Waals surface area contributed by atoms with Crippen LogP contribution in [0.25, 0.3) is 0 Å². The number of likely N-dealkylation sites (tertiary alicyclic amines) is 1. The highest BCUT2D eigenvalue weighted by Gasteiger charge is 2.41. The summed E-state index contributed by atoms with van der Waals surface area (Å²) in [5.41, 5.74) is 0.627. The number of fused-ring (bicyclic) bond motifs is 1. The van der Waals surface area contributed by atoms with Crippen molar-refractivity contribution < 1.29 is 9.59 Å². The molecule has 3 heterocycles.